The van der Waals surface area contributed by atoms with Crippen LogP contribution in [0.15, 0.2) is 83.9 Å². The molecule has 0 unspecified atom stereocenters. The minimum atomic E-state index is -0.436. The van der Waals surface area contributed by atoms with Gasteiger partial charge >= 0.3 is 0 Å². The van der Waals surface area contributed by atoms with Gasteiger partial charge in [0.25, 0.3) is 0 Å². The van der Waals surface area contributed by atoms with Gasteiger partial charge in [-0.2, -0.15) is 0 Å². The van der Waals surface area contributed by atoms with Crippen molar-refractivity contribution in [3.63, 3.8) is 0 Å². The third kappa shape index (κ3) is 5.61. The smallest absolute Gasteiger partial charge is 0.249 e. The third-order valence-corrected chi connectivity index (χ3v) is 6.19. The number of fused-ring (bicyclic) bond motifs is 1. The highest BCUT2D eigenvalue weighted by Crippen LogP contribution is 2.34. The highest BCUT2D eigenvalue weighted by Gasteiger charge is 2.28. The maximum atomic E-state index is 13.4. The molecular weight excluding hydrogens is 467 g/mol. The molecule has 0 spiro atoms. The van der Waals surface area contributed by atoms with Crippen molar-refractivity contribution in [1.29, 1.82) is 0 Å². The molecule has 7 heteroatoms. The minimum Gasteiger partial charge on any atom is -0.367 e. The van der Waals surface area contributed by atoms with Crippen LogP contribution in [0.1, 0.15) is 23.1 Å². The monoisotopic (exact) mass is 496 g/mol. The standard InChI is InChI=1S/C27H28N4O.2ClH/c32-27-23(15-14-20-8-3-1-4-9-20)29-25(21-10-5-2-6-11-21)22-12-7-13-24(26(22)30-27)31-18-16-28-17-19-31;;/h1-13,23,28H,14-19H2,(H,30,32);2*1H/t23-;;/m1../s1. The first kappa shape index (κ1) is 25.8. The SMILES string of the molecule is Cl.Cl.O=C1Nc2c(cccc2N2CCNCC2)C(c2ccccc2)=N[C@@H]1CCc1ccccc1. The minimum absolute atomic E-state index is 0. The highest BCUT2D eigenvalue weighted by atomic mass is 35.5. The summed E-state index contributed by atoms with van der Waals surface area (Å²) in [4.78, 5) is 20.8. The number of benzodiazepines with no additional fused rings is 1. The summed E-state index contributed by atoms with van der Waals surface area (Å²) in [5.41, 5.74) is 6.08. The summed E-state index contributed by atoms with van der Waals surface area (Å²) < 4.78 is 0. The molecule has 2 heterocycles. The summed E-state index contributed by atoms with van der Waals surface area (Å²) in [6.07, 6.45) is 1.48. The van der Waals surface area contributed by atoms with E-state index in [2.05, 4.69) is 58.0 Å². The number of para-hydroxylation sites is 1. The van der Waals surface area contributed by atoms with Gasteiger partial charge in [0.2, 0.25) is 5.91 Å². The quantitative estimate of drug-likeness (QED) is 0.536. The first-order chi connectivity index (χ1) is 15.8. The van der Waals surface area contributed by atoms with Crippen LogP contribution < -0.4 is 15.5 Å². The summed E-state index contributed by atoms with van der Waals surface area (Å²) in [6.45, 7) is 3.72. The molecule has 0 saturated carbocycles. The molecule has 0 radical (unpaired) electrons. The van der Waals surface area contributed by atoms with E-state index in [0.717, 1.165) is 60.8 Å². The predicted octanol–water partition coefficient (Wildman–Crippen LogP) is 4.73. The molecule has 2 N–H and O–H groups in total. The summed E-state index contributed by atoms with van der Waals surface area (Å²) in [5.74, 6) is -0.0318. The number of anilines is 2. The van der Waals surface area contributed by atoms with E-state index in [9.17, 15) is 4.79 Å². The van der Waals surface area contributed by atoms with Gasteiger partial charge in [-0.15, -0.1) is 24.8 Å². The van der Waals surface area contributed by atoms with Crippen LogP contribution in [0.25, 0.3) is 0 Å². The van der Waals surface area contributed by atoms with Crippen LogP contribution in [0, 0.1) is 0 Å². The molecule has 1 amide bonds. The molecule has 0 aromatic heterocycles. The van der Waals surface area contributed by atoms with Gasteiger partial charge in [-0.25, -0.2) is 0 Å². The van der Waals surface area contributed by atoms with Crippen LogP contribution in [-0.4, -0.2) is 43.8 Å². The van der Waals surface area contributed by atoms with Crippen molar-refractivity contribution >= 4 is 47.8 Å². The van der Waals surface area contributed by atoms with Crippen molar-refractivity contribution in [3.05, 3.63) is 95.6 Å². The number of hydrogen-bond acceptors (Lipinski definition) is 4. The van der Waals surface area contributed by atoms with Crippen LogP contribution >= 0.6 is 24.8 Å². The van der Waals surface area contributed by atoms with Gasteiger partial charge in [0, 0.05) is 37.3 Å². The van der Waals surface area contributed by atoms with E-state index in [-0.39, 0.29) is 30.7 Å². The lowest BCUT2D eigenvalue weighted by Crippen LogP contribution is -2.44. The molecule has 1 saturated heterocycles. The van der Waals surface area contributed by atoms with Gasteiger partial charge in [0.15, 0.2) is 0 Å². The lowest BCUT2D eigenvalue weighted by molar-refractivity contribution is -0.117. The lowest BCUT2D eigenvalue weighted by atomic mass is 9.99. The second kappa shape index (κ2) is 12.0. The summed E-state index contributed by atoms with van der Waals surface area (Å²) in [5, 5.41) is 6.67. The Morgan fingerprint density at radius 1 is 0.853 bits per heavy atom. The van der Waals surface area contributed by atoms with Crippen LogP contribution in [0.4, 0.5) is 11.4 Å². The van der Waals surface area contributed by atoms with Gasteiger partial charge in [-0.05, 0) is 24.5 Å². The Kier molecular flexibility index (Phi) is 9.11. The molecule has 1 atom stereocenters. The fourth-order valence-electron chi connectivity index (χ4n) is 4.50. The van der Waals surface area contributed by atoms with Crippen LogP contribution in [0.2, 0.25) is 0 Å². The van der Waals surface area contributed by atoms with E-state index in [1.807, 2.05) is 36.4 Å². The molecule has 1 fully saturated rings. The number of rotatable bonds is 5. The number of piperazine rings is 1. The molecule has 2 aliphatic rings. The zero-order valence-electron chi connectivity index (χ0n) is 18.9. The number of amides is 1. The number of hydrogen-bond donors (Lipinski definition) is 2. The zero-order valence-corrected chi connectivity index (χ0v) is 20.6. The first-order valence-electron chi connectivity index (χ1n) is 11.4. The van der Waals surface area contributed by atoms with Gasteiger partial charge in [-0.1, -0.05) is 72.8 Å². The van der Waals surface area contributed by atoms with Crippen molar-refractivity contribution in [1.82, 2.24) is 5.32 Å². The number of aryl methyl sites for hydroxylation is 1. The normalized spacial score (nSPS) is 17.3. The number of benzene rings is 3. The summed E-state index contributed by atoms with van der Waals surface area (Å²) in [6, 6.07) is 26.3. The zero-order chi connectivity index (χ0) is 21.8. The molecule has 0 bridgehead atoms. The molecule has 0 aliphatic carbocycles. The fraction of sp³-hybridized carbons (Fsp3) is 0.259. The van der Waals surface area contributed by atoms with Crippen molar-refractivity contribution in [2.45, 2.75) is 18.9 Å². The molecule has 5 rings (SSSR count). The maximum absolute atomic E-state index is 13.4. The topological polar surface area (TPSA) is 56.7 Å². The van der Waals surface area contributed by atoms with Crippen molar-refractivity contribution < 1.29 is 4.79 Å². The van der Waals surface area contributed by atoms with Crippen LogP contribution in [0.3, 0.4) is 0 Å². The predicted molar refractivity (Wildman–Crippen MR) is 145 cm³/mol. The maximum Gasteiger partial charge on any atom is 0.249 e. The number of halogens is 2. The van der Waals surface area contributed by atoms with Crippen molar-refractivity contribution in [2.75, 3.05) is 36.4 Å². The molecule has 5 nitrogen and oxygen atoms in total. The third-order valence-electron chi connectivity index (χ3n) is 6.19. The molecule has 2 aliphatic heterocycles. The van der Waals surface area contributed by atoms with Crippen LogP contribution in [-0.2, 0) is 11.2 Å². The van der Waals surface area contributed by atoms with Crippen LogP contribution in [0.5, 0.6) is 0 Å². The van der Waals surface area contributed by atoms with Gasteiger partial charge in [-0.3, -0.25) is 9.79 Å². The summed E-state index contributed by atoms with van der Waals surface area (Å²) in [7, 11) is 0. The Morgan fingerprint density at radius 3 is 2.24 bits per heavy atom. The first-order valence-corrected chi connectivity index (χ1v) is 11.4. The van der Waals surface area contributed by atoms with Crippen molar-refractivity contribution in [3.8, 4) is 0 Å². The van der Waals surface area contributed by atoms with E-state index in [1.165, 1.54) is 5.56 Å². The number of nitrogens with one attached hydrogen (secondary N) is 2. The second-order valence-electron chi connectivity index (χ2n) is 8.31. The average molecular weight is 497 g/mol. The molecule has 178 valence electrons. The Hall–Kier alpha value is -2.86. The Labute approximate surface area is 213 Å². The molecule has 3 aromatic carbocycles. The van der Waals surface area contributed by atoms with E-state index >= 15 is 0 Å². The number of carbonyl (C=O) groups excluding carboxylic acids is 1. The fourth-order valence-corrected chi connectivity index (χ4v) is 4.50. The molecular formula is C27H30Cl2N4O. The van der Waals surface area contributed by atoms with E-state index in [0.29, 0.717) is 6.42 Å². The van der Waals surface area contributed by atoms with Gasteiger partial charge in [0.05, 0.1) is 17.1 Å². The Morgan fingerprint density at radius 2 is 1.53 bits per heavy atom. The number of aliphatic imine (C=N–C) groups is 1. The Bertz CT molecular complexity index is 1120. The van der Waals surface area contributed by atoms with Gasteiger partial charge in [0.1, 0.15) is 6.04 Å². The largest absolute Gasteiger partial charge is 0.367 e. The summed E-state index contributed by atoms with van der Waals surface area (Å²) >= 11 is 0. The van der Waals surface area contributed by atoms with E-state index < -0.39 is 6.04 Å². The van der Waals surface area contributed by atoms with Crippen molar-refractivity contribution in [2.24, 2.45) is 4.99 Å². The Balaban J connectivity index is 0.00000162. The van der Waals surface area contributed by atoms with Gasteiger partial charge < -0.3 is 15.5 Å². The number of carbonyl (C=O) groups is 1. The second-order valence-corrected chi connectivity index (χ2v) is 8.31. The average Bonchev–Trinajstić information content (AvgIpc) is 3.00. The van der Waals surface area contributed by atoms with E-state index in [4.69, 9.17) is 4.99 Å². The molecule has 34 heavy (non-hydrogen) atoms. The van der Waals surface area contributed by atoms with E-state index in [1.54, 1.807) is 0 Å². The highest BCUT2D eigenvalue weighted by molar-refractivity contribution is 6.21. The number of nitrogens with zero attached hydrogens (tertiary/aromatic N) is 2. The molecule has 3 aromatic rings. The lowest BCUT2D eigenvalue weighted by Gasteiger charge is -2.31.